The van der Waals surface area contributed by atoms with E-state index in [0.29, 0.717) is 45.4 Å². The molecule has 2 aliphatic heterocycles. The first-order valence-electron chi connectivity index (χ1n) is 7.70. The summed E-state index contributed by atoms with van der Waals surface area (Å²) in [5.74, 6) is -1.09. The van der Waals surface area contributed by atoms with Crippen LogP contribution in [0.4, 0.5) is 0 Å². The van der Waals surface area contributed by atoms with Crippen LogP contribution in [0, 0.1) is 17.8 Å². The van der Waals surface area contributed by atoms with Crippen molar-refractivity contribution < 1.29 is 19.5 Å². The molecule has 0 saturated carbocycles. The molecule has 2 saturated heterocycles. The minimum Gasteiger partial charge on any atom is -0.481 e. The van der Waals surface area contributed by atoms with Crippen molar-refractivity contribution in [2.75, 3.05) is 26.2 Å². The highest BCUT2D eigenvalue weighted by Gasteiger charge is 2.35. The molecule has 1 N–H and O–H groups in total. The van der Waals surface area contributed by atoms with Crippen LogP contribution in [0.3, 0.4) is 0 Å². The van der Waals surface area contributed by atoms with Crippen molar-refractivity contribution in [3.05, 3.63) is 0 Å². The Labute approximate surface area is 125 Å². The number of rotatable bonds is 3. The number of aliphatic carboxylic acids is 1. The number of carboxylic acids is 1. The Balaban J connectivity index is 1.84. The quantitative estimate of drug-likeness (QED) is 0.836. The molecule has 6 nitrogen and oxygen atoms in total. The first kappa shape index (κ1) is 15.8. The van der Waals surface area contributed by atoms with Gasteiger partial charge in [0.2, 0.25) is 11.8 Å². The summed E-state index contributed by atoms with van der Waals surface area (Å²) in [6.07, 6.45) is 1.92. The van der Waals surface area contributed by atoms with Gasteiger partial charge in [0.1, 0.15) is 0 Å². The van der Waals surface area contributed by atoms with Gasteiger partial charge in [-0.2, -0.15) is 0 Å². The summed E-state index contributed by atoms with van der Waals surface area (Å²) >= 11 is 0. The average Bonchev–Trinajstić information content (AvgIpc) is 2.96. The smallest absolute Gasteiger partial charge is 0.308 e. The summed E-state index contributed by atoms with van der Waals surface area (Å²) in [4.78, 5) is 38.8. The Bertz CT molecular complexity index is 427. The zero-order valence-corrected chi connectivity index (χ0v) is 12.7. The van der Waals surface area contributed by atoms with Gasteiger partial charge >= 0.3 is 5.97 Å². The van der Waals surface area contributed by atoms with Crippen LogP contribution in [0.15, 0.2) is 0 Å². The van der Waals surface area contributed by atoms with Crippen molar-refractivity contribution in [3.8, 4) is 0 Å². The van der Waals surface area contributed by atoms with E-state index in [1.54, 1.807) is 4.90 Å². The van der Waals surface area contributed by atoms with Gasteiger partial charge in [-0.15, -0.1) is 0 Å². The maximum absolute atomic E-state index is 12.4. The summed E-state index contributed by atoms with van der Waals surface area (Å²) in [6.45, 7) is 5.90. The number of amides is 2. The lowest BCUT2D eigenvalue weighted by Crippen LogP contribution is -2.45. The number of likely N-dealkylation sites (tertiary alicyclic amines) is 2. The largest absolute Gasteiger partial charge is 0.481 e. The first-order chi connectivity index (χ1) is 9.90. The summed E-state index contributed by atoms with van der Waals surface area (Å²) in [6, 6.07) is 0. The van der Waals surface area contributed by atoms with E-state index >= 15 is 0 Å². The fraction of sp³-hybridized carbons (Fsp3) is 0.800. The van der Waals surface area contributed by atoms with E-state index in [-0.39, 0.29) is 23.7 Å². The van der Waals surface area contributed by atoms with E-state index < -0.39 is 11.9 Å². The molecule has 2 aliphatic rings. The third kappa shape index (κ3) is 3.54. The van der Waals surface area contributed by atoms with Gasteiger partial charge in [0.05, 0.1) is 5.92 Å². The summed E-state index contributed by atoms with van der Waals surface area (Å²) in [5.41, 5.74) is 0. The van der Waals surface area contributed by atoms with Gasteiger partial charge in [0, 0.05) is 38.0 Å². The van der Waals surface area contributed by atoms with Crippen LogP contribution >= 0.6 is 0 Å². The molecule has 2 heterocycles. The molecule has 2 rings (SSSR count). The van der Waals surface area contributed by atoms with Crippen LogP contribution in [0.5, 0.6) is 0 Å². The predicted octanol–water partition coefficient (Wildman–Crippen LogP) is 0.814. The Morgan fingerprint density at radius 1 is 0.952 bits per heavy atom. The van der Waals surface area contributed by atoms with Crippen molar-refractivity contribution in [2.24, 2.45) is 17.8 Å². The number of carbonyl (C=O) groups is 3. The molecular weight excluding hydrogens is 272 g/mol. The molecule has 6 heteroatoms. The Hall–Kier alpha value is -1.59. The summed E-state index contributed by atoms with van der Waals surface area (Å²) in [5, 5.41) is 8.99. The molecule has 21 heavy (non-hydrogen) atoms. The average molecular weight is 296 g/mol. The highest BCUT2D eigenvalue weighted by Crippen LogP contribution is 2.24. The second-order valence-corrected chi connectivity index (χ2v) is 6.36. The van der Waals surface area contributed by atoms with Gasteiger partial charge in [-0.3, -0.25) is 14.4 Å². The van der Waals surface area contributed by atoms with Crippen LogP contribution in [0.1, 0.15) is 33.1 Å². The number of hydrogen-bond acceptors (Lipinski definition) is 3. The van der Waals surface area contributed by atoms with Crippen LogP contribution in [-0.2, 0) is 14.4 Å². The number of hydrogen-bond donors (Lipinski definition) is 1. The van der Waals surface area contributed by atoms with Crippen molar-refractivity contribution in [1.82, 2.24) is 9.80 Å². The van der Waals surface area contributed by atoms with Gasteiger partial charge in [0.15, 0.2) is 0 Å². The second-order valence-electron chi connectivity index (χ2n) is 6.36. The number of piperidine rings is 1. The van der Waals surface area contributed by atoms with E-state index in [4.69, 9.17) is 5.11 Å². The minimum absolute atomic E-state index is 0.00726. The first-order valence-corrected chi connectivity index (χ1v) is 7.70. The fourth-order valence-electron chi connectivity index (χ4n) is 3.13. The van der Waals surface area contributed by atoms with E-state index in [1.807, 2.05) is 18.7 Å². The van der Waals surface area contributed by atoms with Gasteiger partial charge in [-0.05, 0) is 19.3 Å². The number of carboxylic acid groups (broad SMARTS) is 1. The molecule has 0 spiro atoms. The Kier molecular flexibility index (Phi) is 4.85. The summed E-state index contributed by atoms with van der Waals surface area (Å²) < 4.78 is 0. The molecule has 0 bridgehead atoms. The van der Waals surface area contributed by atoms with Crippen LogP contribution in [0.25, 0.3) is 0 Å². The van der Waals surface area contributed by atoms with E-state index in [1.165, 1.54) is 0 Å². The Morgan fingerprint density at radius 3 is 1.95 bits per heavy atom. The molecule has 1 atom stereocenters. The fourth-order valence-corrected chi connectivity index (χ4v) is 3.13. The highest BCUT2D eigenvalue weighted by molar-refractivity contribution is 5.82. The van der Waals surface area contributed by atoms with Gasteiger partial charge in [-0.25, -0.2) is 0 Å². The van der Waals surface area contributed by atoms with Crippen molar-refractivity contribution in [3.63, 3.8) is 0 Å². The molecule has 0 aromatic rings. The monoisotopic (exact) mass is 296 g/mol. The molecule has 0 aliphatic carbocycles. The number of nitrogens with zero attached hydrogens (tertiary/aromatic N) is 2. The highest BCUT2D eigenvalue weighted by atomic mass is 16.4. The Morgan fingerprint density at radius 2 is 1.48 bits per heavy atom. The van der Waals surface area contributed by atoms with E-state index in [2.05, 4.69) is 0 Å². The zero-order valence-electron chi connectivity index (χ0n) is 12.7. The maximum atomic E-state index is 12.4. The van der Waals surface area contributed by atoms with Crippen LogP contribution in [0.2, 0.25) is 0 Å². The molecule has 0 radical (unpaired) electrons. The maximum Gasteiger partial charge on any atom is 0.308 e. The zero-order chi connectivity index (χ0) is 15.6. The van der Waals surface area contributed by atoms with Crippen LogP contribution in [-0.4, -0.2) is 58.9 Å². The van der Waals surface area contributed by atoms with Crippen molar-refractivity contribution in [1.29, 1.82) is 0 Å². The molecule has 1 unspecified atom stereocenters. The lowest BCUT2D eigenvalue weighted by molar-refractivity contribution is -0.143. The van der Waals surface area contributed by atoms with Gasteiger partial charge in [0.25, 0.3) is 0 Å². The number of carbonyl (C=O) groups excluding carboxylic acids is 2. The lowest BCUT2D eigenvalue weighted by Gasteiger charge is -2.34. The third-order valence-corrected chi connectivity index (χ3v) is 4.50. The lowest BCUT2D eigenvalue weighted by atomic mass is 9.94. The molecule has 2 fully saturated rings. The second kappa shape index (κ2) is 6.45. The standard InChI is InChI=1S/C15H24N2O4/c1-10(2)13(18)16-6-3-11(4-7-16)14(19)17-8-5-12(9-17)15(20)21/h10-12H,3-9H2,1-2H3,(H,20,21). The van der Waals surface area contributed by atoms with Gasteiger partial charge < -0.3 is 14.9 Å². The molecule has 2 amide bonds. The van der Waals surface area contributed by atoms with Crippen molar-refractivity contribution in [2.45, 2.75) is 33.1 Å². The normalized spacial score (nSPS) is 23.7. The molecule has 118 valence electrons. The van der Waals surface area contributed by atoms with E-state index in [0.717, 1.165) is 0 Å². The SMILES string of the molecule is CC(C)C(=O)N1CCC(C(=O)N2CCC(C(=O)O)C2)CC1. The van der Waals surface area contributed by atoms with Crippen molar-refractivity contribution >= 4 is 17.8 Å². The predicted molar refractivity (Wildman–Crippen MR) is 76.5 cm³/mol. The molecular formula is C15H24N2O4. The third-order valence-electron chi connectivity index (χ3n) is 4.50. The minimum atomic E-state index is -0.817. The summed E-state index contributed by atoms with van der Waals surface area (Å²) in [7, 11) is 0. The van der Waals surface area contributed by atoms with E-state index in [9.17, 15) is 14.4 Å². The molecule has 0 aromatic carbocycles. The topological polar surface area (TPSA) is 77.9 Å². The van der Waals surface area contributed by atoms with Crippen LogP contribution < -0.4 is 0 Å². The van der Waals surface area contributed by atoms with Gasteiger partial charge in [-0.1, -0.05) is 13.8 Å². The molecule has 0 aromatic heterocycles.